The van der Waals surface area contributed by atoms with Gasteiger partial charge in [0.25, 0.3) is 0 Å². The summed E-state index contributed by atoms with van der Waals surface area (Å²) in [5, 5.41) is 12.0. The molecule has 3 rings (SSSR count). The van der Waals surface area contributed by atoms with Crippen molar-refractivity contribution in [1.82, 2.24) is 5.01 Å². The molecule has 1 aromatic carbocycles. The second-order valence-electron chi connectivity index (χ2n) is 5.19. The number of benzene rings is 1. The fraction of sp³-hybridized carbons (Fsp3) is 0.571. The fourth-order valence-corrected chi connectivity index (χ4v) is 2.99. The Kier molecular flexibility index (Phi) is 3.84. The molecular weight excluding hydrogens is 260 g/mol. The number of nitrogens with zero attached hydrogens (tertiary/aromatic N) is 2. The van der Waals surface area contributed by atoms with Crippen LogP contribution in [0.2, 0.25) is 0 Å². The largest absolute Gasteiger partial charge is 0.346 e. The van der Waals surface area contributed by atoms with Gasteiger partial charge in [-0.3, -0.25) is 0 Å². The third-order valence-electron chi connectivity index (χ3n) is 3.94. The second kappa shape index (κ2) is 5.76. The van der Waals surface area contributed by atoms with Gasteiger partial charge in [0.2, 0.25) is 0 Å². The number of hydrogen-bond donors (Lipinski definition) is 0. The molecule has 108 valence electrons. The smallest absolute Gasteiger partial charge is 0.184 e. The van der Waals surface area contributed by atoms with Crippen molar-refractivity contribution in [3.63, 3.8) is 0 Å². The van der Waals surface area contributed by atoms with Gasteiger partial charge in [0, 0.05) is 11.5 Å². The highest BCUT2D eigenvalue weighted by Crippen LogP contribution is 2.34. The van der Waals surface area contributed by atoms with Crippen molar-refractivity contribution in [1.29, 1.82) is 0 Å². The van der Waals surface area contributed by atoms with Crippen LogP contribution in [0.3, 0.4) is 0 Å². The topological polar surface area (TPSA) is 64.8 Å². The quantitative estimate of drug-likeness (QED) is 0.626. The number of nitro groups is 1. The molecule has 2 aliphatic heterocycles. The molecule has 20 heavy (non-hydrogen) atoms. The van der Waals surface area contributed by atoms with Crippen molar-refractivity contribution >= 4 is 0 Å². The average molecular weight is 278 g/mol. The number of rotatable bonds is 3. The molecular formula is C14H18N2O4. The predicted octanol–water partition coefficient (Wildman–Crippen LogP) is 2.10. The molecule has 1 unspecified atom stereocenters. The SMILES string of the molecule is O=[N+]([O-])N1CCCC(c2ccccc2C2OCCO2)C1. The first kappa shape index (κ1) is 13.3. The summed E-state index contributed by atoms with van der Waals surface area (Å²) < 4.78 is 11.2. The van der Waals surface area contributed by atoms with E-state index in [1.807, 2.05) is 24.3 Å². The molecule has 0 saturated carbocycles. The Bertz CT molecular complexity index is 488. The van der Waals surface area contributed by atoms with E-state index >= 15 is 0 Å². The fourth-order valence-electron chi connectivity index (χ4n) is 2.99. The molecule has 2 aliphatic rings. The molecule has 0 aromatic heterocycles. The van der Waals surface area contributed by atoms with E-state index in [4.69, 9.17) is 9.47 Å². The van der Waals surface area contributed by atoms with Gasteiger partial charge in [0.1, 0.15) is 0 Å². The van der Waals surface area contributed by atoms with Crippen LogP contribution in [0.25, 0.3) is 0 Å². The normalized spacial score (nSPS) is 24.0. The summed E-state index contributed by atoms with van der Waals surface area (Å²) in [6, 6.07) is 7.96. The molecule has 2 fully saturated rings. The lowest BCUT2D eigenvalue weighted by Crippen LogP contribution is -2.38. The molecule has 0 N–H and O–H groups in total. The van der Waals surface area contributed by atoms with Crippen molar-refractivity contribution in [3.05, 3.63) is 45.5 Å². The van der Waals surface area contributed by atoms with Crippen molar-refractivity contribution < 1.29 is 14.5 Å². The van der Waals surface area contributed by atoms with Crippen LogP contribution in [0, 0.1) is 10.1 Å². The maximum Gasteiger partial charge on any atom is 0.184 e. The van der Waals surface area contributed by atoms with E-state index in [9.17, 15) is 10.1 Å². The van der Waals surface area contributed by atoms with Gasteiger partial charge in [-0.2, -0.15) is 0 Å². The van der Waals surface area contributed by atoms with Gasteiger partial charge < -0.3 is 9.47 Å². The Morgan fingerprint density at radius 3 is 2.60 bits per heavy atom. The lowest BCUT2D eigenvalue weighted by molar-refractivity contribution is -0.658. The Morgan fingerprint density at radius 1 is 1.20 bits per heavy atom. The zero-order valence-corrected chi connectivity index (χ0v) is 11.2. The van der Waals surface area contributed by atoms with Gasteiger partial charge in [-0.25, -0.2) is 10.1 Å². The molecule has 0 spiro atoms. The van der Waals surface area contributed by atoms with E-state index in [2.05, 4.69) is 0 Å². The van der Waals surface area contributed by atoms with Crippen LogP contribution < -0.4 is 0 Å². The van der Waals surface area contributed by atoms with Crippen LogP contribution in [0.5, 0.6) is 0 Å². The lowest BCUT2D eigenvalue weighted by atomic mass is 9.88. The van der Waals surface area contributed by atoms with Crippen LogP contribution in [0.4, 0.5) is 0 Å². The molecule has 6 nitrogen and oxygen atoms in total. The first-order chi connectivity index (χ1) is 9.75. The summed E-state index contributed by atoms with van der Waals surface area (Å²) in [6.45, 7) is 2.19. The number of ether oxygens (including phenoxy) is 2. The van der Waals surface area contributed by atoms with Gasteiger partial charge in [0.05, 0.1) is 26.3 Å². The zero-order valence-electron chi connectivity index (χ0n) is 11.2. The summed E-state index contributed by atoms with van der Waals surface area (Å²) in [7, 11) is 0. The van der Waals surface area contributed by atoms with Crippen molar-refractivity contribution in [3.8, 4) is 0 Å². The maximum absolute atomic E-state index is 11.0. The monoisotopic (exact) mass is 278 g/mol. The van der Waals surface area contributed by atoms with Crippen LogP contribution in [-0.4, -0.2) is 36.3 Å². The minimum atomic E-state index is -0.322. The summed E-state index contributed by atoms with van der Waals surface area (Å²) in [5.41, 5.74) is 2.13. The minimum Gasteiger partial charge on any atom is -0.346 e. The molecule has 0 radical (unpaired) electrons. The van der Waals surface area contributed by atoms with Crippen molar-refractivity contribution in [2.45, 2.75) is 25.0 Å². The van der Waals surface area contributed by atoms with Crippen LogP contribution in [0.1, 0.15) is 36.2 Å². The van der Waals surface area contributed by atoms with Gasteiger partial charge in [-0.05, 0) is 18.4 Å². The summed E-state index contributed by atoms with van der Waals surface area (Å²) in [4.78, 5) is 11.0. The Hall–Kier alpha value is -1.66. The highest BCUT2D eigenvalue weighted by atomic mass is 16.7. The van der Waals surface area contributed by atoms with Gasteiger partial charge in [0.15, 0.2) is 11.3 Å². The van der Waals surface area contributed by atoms with Gasteiger partial charge in [-0.1, -0.05) is 24.3 Å². The first-order valence-corrected chi connectivity index (χ1v) is 6.97. The highest BCUT2D eigenvalue weighted by molar-refractivity contribution is 5.32. The zero-order chi connectivity index (χ0) is 13.9. The molecule has 0 bridgehead atoms. The molecule has 1 aromatic rings. The molecule has 0 amide bonds. The Morgan fingerprint density at radius 2 is 1.90 bits per heavy atom. The number of hydrogen-bond acceptors (Lipinski definition) is 4. The van der Waals surface area contributed by atoms with E-state index in [-0.39, 0.29) is 17.2 Å². The molecule has 2 saturated heterocycles. The van der Waals surface area contributed by atoms with Crippen LogP contribution in [-0.2, 0) is 9.47 Å². The van der Waals surface area contributed by atoms with E-state index in [0.29, 0.717) is 26.3 Å². The maximum atomic E-state index is 11.0. The molecule has 1 atom stereocenters. The predicted molar refractivity (Wildman–Crippen MR) is 71.6 cm³/mol. The second-order valence-corrected chi connectivity index (χ2v) is 5.19. The minimum absolute atomic E-state index is 0.165. The van der Waals surface area contributed by atoms with E-state index in [1.165, 1.54) is 5.01 Å². The van der Waals surface area contributed by atoms with Gasteiger partial charge >= 0.3 is 0 Å². The third-order valence-corrected chi connectivity index (χ3v) is 3.94. The number of piperidine rings is 1. The standard InChI is InChI=1S/C14H18N2O4/c17-16(18)15-7-3-4-11(10-15)12-5-1-2-6-13(12)14-19-8-9-20-14/h1-2,5-6,11,14H,3-4,7-10H2. The van der Waals surface area contributed by atoms with Crippen LogP contribution >= 0.6 is 0 Å². The van der Waals surface area contributed by atoms with E-state index in [1.54, 1.807) is 0 Å². The highest BCUT2D eigenvalue weighted by Gasteiger charge is 2.30. The Balaban J connectivity index is 1.83. The first-order valence-electron chi connectivity index (χ1n) is 6.97. The lowest BCUT2D eigenvalue weighted by Gasteiger charge is -2.29. The summed E-state index contributed by atoms with van der Waals surface area (Å²) in [5.74, 6) is 0.165. The van der Waals surface area contributed by atoms with Gasteiger partial charge in [-0.15, -0.1) is 5.01 Å². The molecule has 2 heterocycles. The summed E-state index contributed by atoms with van der Waals surface area (Å²) >= 11 is 0. The van der Waals surface area contributed by atoms with Crippen molar-refractivity contribution in [2.75, 3.05) is 26.3 Å². The van der Waals surface area contributed by atoms with E-state index in [0.717, 1.165) is 24.0 Å². The molecule has 6 heteroatoms. The van der Waals surface area contributed by atoms with Crippen LogP contribution in [0.15, 0.2) is 24.3 Å². The Labute approximate surface area is 117 Å². The third kappa shape index (κ3) is 2.62. The summed E-state index contributed by atoms with van der Waals surface area (Å²) in [6.07, 6.45) is 1.48. The van der Waals surface area contributed by atoms with E-state index < -0.39 is 0 Å². The molecule has 0 aliphatic carbocycles. The number of hydrazine groups is 1. The average Bonchev–Trinajstić information content (AvgIpc) is 3.01. The van der Waals surface area contributed by atoms with Crippen molar-refractivity contribution in [2.24, 2.45) is 0 Å².